The molecular weight excluding hydrogens is 272 g/mol. The zero-order chi connectivity index (χ0) is 13.2. The minimum Gasteiger partial charge on any atom is -0.457 e. The lowest BCUT2D eigenvalue weighted by atomic mass is 10.3. The Morgan fingerprint density at radius 1 is 1.00 bits per heavy atom. The zero-order valence-electron chi connectivity index (χ0n) is 9.63. The highest BCUT2D eigenvalue weighted by Crippen LogP contribution is 2.25. The average Bonchev–Trinajstić information content (AvgIpc) is 2.31. The quantitative estimate of drug-likeness (QED) is 0.865. The lowest BCUT2D eigenvalue weighted by molar-refractivity contribution is 0.481. The minimum absolute atomic E-state index is 0.231. The van der Waals surface area contributed by atoms with Crippen molar-refractivity contribution in [1.29, 1.82) is 0 Å². The van der Waals surface area contributed by atoms with Crippen LogP contribution in [0.4, 0.5) is 0 Å². The molecule has 2 rings (SSSR count). The highest BCUT2D eigenvalue weighted by Gasteiger charge is 2.08. The van der Waals surface area contributed by atoms with Crippen molar-refractivity contribution in [2.45, 2.75) is 4.90 Å². The second-order valence-electron chi connectivity index (χ2n) is 3.80. The maximum absolute atomic E-state index is 11.4. The van der Waals surface area contributed by atoms with Crippen LogP contribution in [0.25, 0.3) is 0 Å². The summed E-state index contributed by atoms with van der Waals surface area (Å²) in [5, 5.41) is 0.618. The molecule has 94 valence electrons. The first kappa shape index (κ1) is 12.9. The van der Waals surface area contributed by atoms with E-state index >= 15 is 0 Å². The van der Waals surface area contributed by atoms with E-state index in [0.717, 1.165) is 6.26 Å². The van der Waals surface area contributed by atoms with E-state index in [1.807, 2.05) is 0 Å². The first-order chi connectivity index (χ1) is 8.45. The molecule has 0 aromatic heterocycles. The van der Waals surface area contributed by atoms with E-state index in [2.05, 4.69) is 0 Å². The summed E-state index contributed by atoms with van der Waals surface area (Å²) in [5.74, 6) is 1.07. The molecule has 0 unspecified atom stereocenters. The maximum atomic E-state index is 11.4. The van der Waals surface area contributed by atoms with E-state index in [0.29, 0.717) is 16.5 Å². The molecule has 5 heteroatoms. The van der Waals surface area contributed by atoms with Gasteiger partial charge in [0, 0.05) is 11.3 Å². The van der Waals surface area contributed by atoms with Crippen LogP contribution in [0.5, 0.6) is 11.5 Å². The fourth-order valence-corrected chi connectivity index (χ4v) is 2.19. The molecular formula is C13H11ClO3S. The molecule has 0 aliphatic rings. The Kier molecular flexibility index (Phi) is 3.59. The van der Waals surface area contributed by atoms with E-state index in [1.54, 1.807) is 36.4 Å². The first-order valence-electron chi connectivity index (χ1n) is 5.19. The highest BCUT2D eigenvalue weighted by atomic mass is 35.5. The largest absolute Gasteiger partial charge is 0.457 e. The number of sulfone groups is 1. The Morgan fingerprint density at radius 2 is 1.67 bits per heavy atom. The number of rotatable bonds is 3. The third-order valence-electron chi connectivity index (χ3n) is 2.28. The van der Waals surface area contributed by atoms with Gasteiger partial charge in [-0.25, -0.2) is 8.42 Å². The molecule has 0 radical (unpaired) electrons. The summed E-state index contributed by atoms with van der Waals surface area (Å²) in [7, 11) is -3.23. The normalized spacial score (nSPS) is 11.2. The second kappa shape index (κ2) is 5.00. The van der Waals surface area contributed by atoms with Crippen molar-refractivity contribution in [1.82, 2.24) is 0 Å². The Bertz CT molecular complexity index is 648. The summed E-state index contributed by atoms with van der Waals surface area (Å²) in [6.45, 7) is 0. The van der Waals surface area contributed by atoms with Crippen LogP contribution in [-0.2, 0) is 9.84 Å². The van der Waals surface area contributed by atoms with Crippen molar-refractivity contribution in [2.75, 3.05) is 6.26 Å². The first-order valence-corrected chi connectivity index (χ1v) is 7.46. The van der Waals surface area contributed by atoms with Crippen LogP contribution in [0.15, 0.2) is 53.4 Å². The molecule has 18 heavy (non-hydrogen) atoms. The van der Waals surface area contributed by atoms with Crippen molar-refractivity contribution in [3.05, 3.63) is 53.6 Å². The fourth-order valence-electron chi connectivity index (χ4n) is 1.41. The molecule has 0 saturated heterocycles. The summed E-state index contributed by atoms with van der Waals surface area (Å²) < 4.78 is 28.4. The van der Waals surface area contributed by atoms with Crippen LogP contribution in [-0.4, -0.2) is 14.7 Å². The molecule has 0 heterocycles. The lowest BCUT2D eigenvalue weighted by Gasteiger charge is -2.06. The summed E-state index contributed by atoms with van der Waals surface area (Å²) in [6, 6.07) is 13.2. The van der Waals surface area contributed by atoms with Gasteiger partial charge in [-0.2, -0.15) is 0 Å². The molecule has 0 aliphatic heterocycles. The van der Waals surface area contributed by atoms with Gasteiger partial charge < -0.3 is 4.74 Å². The molecule has 0 amide bonds. The molecule has 0 saturated carbocycles. The molecule has 0 aliphatic carbocycles. The summed E-state index contributed by atoms with van der Waals surface area (Å²) >= 11 is 5.76. The van der Waals surface area contributed by atoms with Gasteiger partial charge in [0.1, 0.15) is 11.5 Å². The van der Waals surface area contributed by atoms with Crippen LogP contribution >= 0.6 is 11.6 Å². The van der Waals surface area contributed by atoms with Crippen molar-refractivity contribution in [3.63, 3.8) is 0 Å². The van der Waals surface area contributed by atoms with E-state index in [9.17, 15) is 8.42 Å². The molecule has 2 aromatic rings. The van der Waals surface area contributed by atoms with Gasteiger partial charge in [-0.1, -0.05) is 17.7 Å². The number of halogens is 1. The monoisotopic (exact) mass is 282 g/mol. The highest BCUT2D eigenvalue weighted by molar-refractivity contribution is 7.90. The van der Waals surface area contributed by atoms with Crippen molar-refractivity contribution < 1.29 is 13.2 Å². The Labute approximate surface area is 111 Å². The van der Waals surface area contributed by atoms with Crippen LogP contribution in [0, 0.1) is 0 Å². The standard InChI is InChI=1S/C13H11ClO3S/c1-18(15,16)13-4-2-3-12(9-13)17-11-7-5-10(14)6-8-11/h2-9H,1H3. The van der Waals surface area contributed by atoms with E-state index < -0.39 is 9.84 Å². The predicted molar refractivity (Wildman–Crippen MR) is 71.1 cm³/mol. The number of ether oxygens (including phenoxy) is 1. The van der Waals surface area contributed by atoms with Crippen molar-refractivity contribution >= 4 is 21.4 Å². The molecule has 0 bridgehead atoms. The Morgan fingerprint density at radius 3 is 2.28 bits per heavy atom. The van der Waals surface area contributed by atoms with Gasteiger partial charge in [0.05, 0.1) is 4.90 Å². The van der Waals surface area contributed by atoms with Gasteiger partial charge in [-0.05, 0) is 42.5 Å². The zero-order valence-corrected chi connectivity index (χ0v) is 11.2. The average molecular weight is 283 g/mol. The SMILES string of the molecule is CS(=O)(=O)c1cccc(Oc2ccc(Cl)cc2)c1. The Hall–Kier alpha value is -1.52. The number of hydrogen-bond donors (Lipinski definition) is 0. The molecule has 0 spiro atoms. The van der Waals surface area contributed by atoms with E-state index in [-0.39, 0.29) is 4.90 Å². The topological polar surface area (TPSA) is 43.4 Å². The smallest absolute Gasteiger partial charge is 0.175 e. The van der Waals surface area contributed by atoms with Gasteiger partial charge in [-0.3, -0.25) is 0 Å². The van der Waals surface area contributed by atoms with Crippen LogP contribution < -0.4 is 4.74 Å². The molecule has 0 N–H and O–H groups in total. The number of hydrogen-bond acceptors (Lipinski definition) is 3. The molecule has 2 aromatic carbocycles. The van der Waals surface area contributed by atoms with Crippen molar-refractivity contribution in [3.8, 4) is 11.5 Å². The van der Waals surface area contributed by atoms with Crippen LogP contribution in [0.1, 0.15) is 0 Å². The molecule has 3 nitrogen and oxygen atoms in total. The van der Waals surface area contributed by atoms with E-state index in [4.69, 9.17) is 16.3 Å². The summed E-state index contributed by atoms with van der Waals surface area (Å²) in [6.07, 6.45) is 1.16. The van der Waals surface area contributed by atoms with Crippen LogP contribution in [0.3, 0.4) is 0 Å². The number of benzene rings is 2. The van der Waals surface area contributed by atoms with Gasteiger partial charge in [0.25, 0.3) is 0 Å². The van der Waals surface area contributed by atoms with Crippen molar-refractivity contribution in [2.24, 2.45) is 0 Å². The Balaban J connectivity index is 2.27. The lowest BCUT2D eigenvalue weighted by Crippen LogP contribution is -1.96. The second-order valence-corrected chi connectivity index (χ2v) is 6.26. The van der Waals surface area contributed by atoms with Gasteiger partial charge in [0.2, 0.25) is 0 Å². The predicted octanol–water partition coefficient (Wildman–Crippen LogP) is 3.54. The maximum Gasteiger partial charge on any atom is 0.175 e. The molecule has 0 atom stereocenters. The summed E-state index contributed by atoms with van der Waals surface area (Å²) in [5.41, 5.74) is 0. The van der Waals surface area contributed by atoms with Gasteiger partial charge in [0.15, 0.2) is 9.84 Å². The third kappa shape index (κ3) is 3.24. The summed E-state index contributed by atoms with van der Waals surface area (Å²) in [4.78, 5) is 0.231. The molecule has 0 fully saturated rings. The minimum atomic E-state index is -3.23. The van der Waals surface area contributed by atoms with E-state index in [1.165, 1.54) is 12.1 Å². The van der Waals surface area contributed by atoms with Gasteiger partial charge >= 0.3 is 0 Å². The van der Waals surface area contributed by atoms with Crippen LogP contribution in [0.2, 0.25) is 5.02 Å². The van der Waals surface area contributed by atoms with Gasteiger partial charge in [-0.15, -0.1) is 0 Å². The fraction of sp³-hybridized carbons (Fsp3) is 0.0769. The third-order valence-corrected chi connectivity index (χ3v) is 3.65.